The molecule has 2 aromatic carbocycles. The van der Waals surface area contributed by atoms with Crippen molar-refractivity contribution in [3.05, 3.63) is 81.8 Å². The molecule has 9 nitrogen and oxygen atoms in total. The summed E-state index contributed by atoms with van der Waals surface area (Å²) in [6.45, 7) is 3.42. The van der Waals surface area contributed by atoms with Crippen LogP contribution < -0.4 is 15.8 Å². The Hall–Kier alpha value is -4.47. The van der Waals surface area contributed by atoms with Gasteiger partial charge in [-0.3, -0.25) is 19.3 Å². The Morgan fingerprint density at radius 1 is 1.21 bits per heavy atom. The Kier molecular flexibility index (Phi) is 5.65. The zero-order chi connectivity index (χ0) is 23.7. The van der Waals surface area contributed by atoms with Gasteiger partial charge in [-0.15, -0.1) is 0 Å². The smallest absolute Gasteiger partial charge is 0.270 e. The van der Waals surface area contributed by atoms with Gasteiger partial charge in [-0.05, 0) is 43.2 Å². The van der Waals surface area contributed by atoms with Crippen LogP contribution in [-0.2, 0) is 4.79 Å². The molecule has 2 aromatic heterocycles. The van der Waals surface area contributed by atoms with Crippen molar-refractivity contribution >= 4 is 28.7 Å². The maximum absolute atomic E-state index is 14.1. The van der Waals surface area contributed by atoms with Crippen molar-refractivity contribution in [2.75, 3.05) is 11.9 Å². The second-order valence-corrected chi connectivity index (χ2v) is 7.47. The number of carbonyl (C=O) groups excluding carboxylic acids is 1. The molecule has 2 heterocycles. The van der Waals surface area contributed by atoms with Crippen molar-refractivity contribution < 1.29 is 18.8 Å². The van der Waals surface area contributed by atoms with E-state index in [0.717, 1.165) is 16.8 Å². The molecule has 4 rings (SSSR count). The van der Waals surface area contributed by atoms with Crippen molar-refractivity contribution in [1.82, 2.24) is 9.38 Å². The van der Waals surface area contributed by atoms with E-state index in [-0.39, 0.29) is 22.7 Å². The molecule has 0 radical (unpaired) electrons. The first kappa shape index (κ1) is 21.8. The normalized spacial score (nSPS) is 10.9. The number of non-ortho nitro benzene ring substituents is 1. The van der Waals surface area contributed by atoms with E-state index in [2.05, 4.69) is 10.3 Å². The van der Waals surface area contributed by atoms with Crippen LogP contribution in [0.1, 0.15) is 11.1 Å². The van der Waals surface area contributed by atoms with Crippen molar-refractivity contribution in [2.24, 2.45) is 5.73 Å². The first-order chi connectivity index (χ1) is 15.7. The number of hydrogen-bond donors (Lipinski definition) is 2. The average Bonchev–Trinajstić information content (AvgIpc) is 3.12. The number of pyridine rings is 1. The number of nitro benzene ring substituents is 1. The molecule has 0 aliphatic heterocycles. The number of ether oxygens (including phenoxy) is 1. The fourth-order valence-corrected chi connectivity index (χ4v) is 3.55. The number of nitrogens with two attached hydrogens (primary N) is 1. The lowest BCUT2D eigenvalue weighted by Crippen LogP contribution is -2.20. The van der Waals surface area contributed by atoms with E-state index in [0.29, 0.717) is 11.5 Å². The summed E-state index contributed by atoms with van der Waals surface area (Å²) in [6.07, 6.45) is 1.27. The maximum Gasteiger partial charge on any atom is 0.270 e. The summed E-state index contributed by atoms with van der Waals surface area (Å²) in [5, 5.41) is 14.8. The molecule has 0 saturated carbocycles. The van der Waals surface area contributed by atoms with E-state index in [1.165, 1.54) is 40.9 Å². The number of rotatable bonds is 7. The first-order valence-corrected chi connectivity index (χ1v) is 9.95. The summed E-state index contributed by atoms with van der Waals surface area (Å²) < 4.78 is 21.2. The highest BCUT2D eigenvalue weighted by Gasteiger charge is 2.22. The number of para-hydroxylation sites is 1. The van der Waals surface area contributed by atoms with E-state index in [9.17, 15) is 19.3 Å². The minimum Gasteiger partial charge on any atom is -0.483 e. The zero-order valence-corrected chi connectivity index (χ0v) is 17.8. The van der Waals surface area contributed by atoms with Gasteiger partial charge in [0.1, 0.15) is 28.7 Å². The summed E-state index contributed by atoms with van der Waals surface area (Å²) >= 11 is 0. The molecule has 0 aliphatic carbocycles. The molecule has 168 valence electrons. The van der Waals surface area contributed by atoms with Crippen molar-refractivity contribution in [3.63, 3.8) is 0 Å². The Labute approximate surface area is 187 Å². The molecule has 0 fully saturated rings. The van der Waals surface area contributed by atoms with E-state index < -0.39 is 23.3 Å². The number of hydrogen-bond acceptors (Lipinski definition) is 6. The maximum atomic E-state index is 14.1. The number of aromatic nitrogens is 2. The van der Waals surface area contributed by atoms with Crippen LogP contribution in [0, 0.1) is 29.8 Å². The van der Waals surface area contributed by atoms with Crippen LogP contribution in [0.5, 0.6) is 5.75 Å². The van der Waals surface area contributed by atoms with Crippen LogP contribution in [0.4, 0.5) is 21.6 Å². The highest BCUT2D eigenvalue weighted by molar-refractivity contribution is 5.85. The second kappa shape index (κ2) is 8.58. The van der Waals surface area contributed by atoms with Gasteiger partial charge >= 0.3 is 0 Å². The number of imidazole rings is 1. The number of anilines is 2. The topological polar surface area (TPSA) is 125 Å². The monoisotopic (exact) mass is 449 g/mol. The molecule has 3 N–H and O–H groups in total. The van der Waals surface area contributed by atoms with E-state index in [1.807, 2.05) is 32.0 Å². The van der Waals surface area contributed by atoms with Gasteiger partial charge in [-0.1, -0.05) is 18.2 Å². The average molecular weight is 449 g/mol. The Morgan fingerprint density at radius 3 is 2.61 bits per heavy atom. The number of carbonyl (C=O) groups is 1. The lowest BCUT2D eigenvalue weighted by Gasteiger charge is -2.15. The molecule has 1 amide bonds. The third-order valence-corrected chi connectivity index (χ3v) is 5.11. The summed E-state index contributed by atoms with van der Waals surface area (Å²) in [4.78, 5) is 26.8. The zero-order valence-electron chi connectivity index (χ0n) is 17.8. The van der Waals surface area contributed by atoms with Gasteiger partial charge in [-0.25, -0.2) is 9.37 Å². The van der Waals surface area contributed by atoms with E-state index >= 15 is 0 Å². The quantitative estimate of drug-likeness (QED) is 0.321. The number of nitrogens with zero attached hydrogens (tertiary/aromatic N) is 3. The molecule has 10 heteroatoms. The van der Waals surface area contributed by atoms with Crippen LogP contribution in [0.2, 0.25) is 0 Å². The van der Waals surface area contributed by atoms with E-state index in [1.54, 1.807) is 0 Å². The Balaban J connectivity index is 1.97. The van der Waals surface area contributed by atoms with Gasteiger partial charge in [0, 0.05) is 24.0 Å². The van der Waals surface area contributed by atoms with Gasteiger partial charge in [0.2, 0.25) is 0 Å². The minimum atomic E-state index is -0.703. The highest BCUT2D eigenvalue weighted by atomic mass is 19.1. The molecule has 4 aromatic rings. The van der Waals surface area contributed by atoms with Crippen molar-refractivity contribution in [3.8, 4) is 17.0 Å². The SMILES string of the molecule is Cc1cccc(C)c1Nc1c(-c2cc([N+](=O)[O-])ccc2OCC(N)=O)nc2ccc(F)cn12. The van der Waals surface area contributed by atoms with E-state index in [4.69, 9.17) is 10.5 Å². The van der Waals surface area contributed by atoms with Crippen molar-refractivity contribution in [2.45, 2.75) is 13.8 Å². The molecule has 33 heavy (non-hydrogen) atoms. The molecule has 0 atom stereocenters. The van der Waals surface area contributed by atoms with Gasteiger partial charge in [0.25, 0.3) is 11.6 Å². The molecule has 0 saturated heterocycles. The number of fused-ring (bicyclic) bond motifs is 1. The van der Waals surface area contributed by atoms with Crippen LogP contribution in [0.25, 0.3) is 16.9 Å². The van der Waals surface area contributed by atoms with Gasteiger partial charge in [0.05, 0.1) is 10.5 Å². The standard InChI is InChI=1S/C23H20FN5O4/c1-13-4-3-5-14(2)21(13)27-23-22(26-20-9-6-15(24)11-28(20)23)17-10-16(29(31)32)7-8-18(17)33-12-19(25)30/h3-11,27H,12H2,1-2H3,(H2,25,30). The third-order valence-electron chi connectivity index (χ3n) is 5.11. The van der Waals surface area contributed by atoms with Gasteiger partial charge < -0.3 is 15.8 Å². The predicted octanol–water partition coefficient (Wildman–Crippen LogP) is 4.27. The lowest BCUT2D eigenvalue weighted by molar-refractivity contribution is -0.384. The van der Waals surface area contributed by atoms with Crippen LogP contribution in [0.15, 0.2) is 54.7 Å². The Bertz CT molecular complexity index is 1380. The van der Waals surface area contributed by atoms with Crippen LogP contribution in [0.3, 0.4) is 0 Å². The fraction of sp³-hybridized carbons (Fsp3) is 0.130. The number of nitrogens with one attached hydrogen (secondary N) is 1. The molecule has 0 unspecified atom stereocenters. The van der Waals surface area contributed by atoms with Gasteiger partial charge in [-0.2, -0.15) is 0 Å². The lowest BCUT2D eigenvalue weighted by atomic mass is 10.1. The van der Waals surface area contributed by atoms with Crippen LogP contribution in [-0.4, -0.2) is 26.8 Å². The summed E-state index contributed by atoms with van der Waals surface area (Å²) in [5.41, 5.74) is 8.62. The summed E-state index contributed by atoms with van der Waals surface area (Å²) in [5.74, 6) is -0.635. The molecule has 0 aliphatic rings. The number of primary amides is 1. The molecular weight excluding hydrogens is 429 g/mol. The fourth-order valence-electron chi connectivity index (χ4n) is 3.55. The largest absolute Gasteiger partial charge is 0.483 e. The highest BCUT2D eigenvalue weighted by Crippen LogP contribution is 2.39. The molecule has 0 spiro atoms. The number of aryl methyl sites for hydroxylation is 2. The van der Waals surface area contributed by atoms with Gasteiger partial charge in [0.15, 0.2) is 6.61 Å². The third kappa shape index (κ3) is 4.31. The number of halogens is 1. The number of nitro groups is 1. The first-order valence-electron chi connectivity index (χ1n) is 9.95. The van der Waals surface area contributed by atoms with Crippen LogP contribution >= 0.6 is 0 Å². The molecular formula is C23H20FN5O4. The summed E-state index contributed by atoms with van der Waals surface area (Å²) in [7, 11) is 0. The number of benzene rings is 2. The number of amides is 1. The second-order valence-electron chi connectivity index (χ2n) is 7.47. The summed E-state index contributed by atoms with van der Waals surface area (Å²) in [6, 6.07) is 12.5. The molecule has 0 bridgehead atoms. The predicted molar refractivity (Wildman–Crippen MR) is 121 cm³/mol. The van der Waals surface area contributed by atoms with Crippen molar-refractivity contribution in [1.29, 1.82) is 0 Å². The minimum absolute atomic E-state index is 0.174. The Morgan fingerprint density at radius 2 is 1.94 bits per heavy atom.